The van der Waals surface area contributed by atoms with Gasteiger partial charge in [0.15, 0.2) is 0 Å². The summed E-state index contributed by atoms with van der Waals surface area (Å²) in [7, 11) is 1.51. The molecule has 3 aromatic rings. The number of hydrogen-bond acceptors (Lipinski definition) is 6. The van der Waals surface area contributed by atoms with Gasteiger partial charge in [0.1, 0.15) is 6.10 Å². The standard InChI is InChI=1S/C20H20N4O4/c1-12-18(14-5-3-4-6-15(14)21-12)19(25)20(26)24-10-9-13(11-24)28-17-8-7-16(27-2)22-23-17/h3-8,13,21H,9-11H2,1-2H3. The number of nitrogens with zero attached hydrogens (tertiary/aromatic N) is 3. The van der Waals surface area contributed by atoms with E-state index in [9.17, 15) is 9.59 Å². The van der Waals surface area contributed by atoms with Gasteiger partial charge in [0.25, 0.3) is 11.7 Å². The summed E-state index contributed by atoms with van der Waals surface area (Å²) in [5.41, 5.74) is 1.97. The lowest BCUT2D eigenvalue weighted by molar-refractivity contribution is -0.125. The molecular weight excluding hydrogens is 360 g/mol. The number of ether oxygens (including phenoxy) is 2. The van der Waals surface area contributed by atoms with Crippen LogP contribution in [0.5, 0.6) is 11.8 Å². The van der Waals surface area contributed by atoms with E-state index >= 15 is 0 Å². The normalized spacial score (nSPS) is 16.4. The van der Waals surface area contributed by atoms with Crippen LogP contribution in [0.1, 0.15) is 22.5 Å². The van der Waals surface area contributed by atoms with E-state index in [1.807, 2.05) is 24.3 Å². The van der Waals surface area contributed by atoms with Crippen LogP contribution in [0, 0.1) is 6.92 Å². The van der Waals surface area contributed by atoms with Gasteiger partial charge in [-0.3, -0.25) is 9.59 Å². The van der Waals surface area contributed by atoms with Crippen molar-refractivity contribution in [2.45, 2.75) is 19.4 Å². The molecule has 144 valence electrons. The Hall–Kier alpha value is -3.42. The quantitative estimate of drug-likeness (QED) is 0.538. The number of nitrogens with one attached hydrogen (secondary N) is 1. The number of aryl methyl sites for hydroxylation is 1. The minimum Gasteiger partial charge on any atom is -0.480 e. The fraction of sp³-hybridized carbons (Fsp3) is 0.300. The highest BCUT2D eigenvalue weighted by Crippen LogP contribution is 2.24. The second-order valence-corrected chi connectivity index (χ2v) is 6.69. The zero-order valence-corrected chi connectivity index (χ0v) is 15.6. The molecule has 1 amide bonds. The number of carbonyl (C=O) groups is 2. The Labute approximate surface area is 161 Å². The fourth-order valence-corrected chi connectivity index (χ4v) is 3.48. The summed E-state index contributed by atoms with van der Waals surface area (Å²) in [6, 6.07) is 10.8. The number of likely N-dealkylation sites (tertiary alicyclic amines) is 1. The van der Waals surface area contributed by atoms with E-state index < -0.39 is 11.7 Å². The Balaban J connectivity index is 1.45. The fourth-order valence-electron chi connectivity index (χ4n) is 3.48. The minimum absolute atomic E-state index is 0.233. The molecular formula is C20H20N4O4. The molecule has 3 heterocycles. The second-order valence-electron chi connectivity index (χ2n) is 6.69. The maximum atomic E-state index is 12.9. The summed E-state index contributed by atoms with van der Waals surface area (Å²) in [4.78, 5) is 30.4. The Morgan fingerprint density at radius 2 is 1.89 bits per heavy atom. The number of ketones is 1. The molecule has 1 fully saturated rings. The lowest BCUT2D eigenvalue weighted by Gasteiger charge is -2.16. The van der Waals surface area contributed by atoms with Gasteiger partial charge in [0.05, 0.1) is 19.2 Å². The number of aromatic amines is 1. The van der Waals surface area contributed by atoms with Gasteiger partial charge in [-0.1, -0.05) is 18.2 Å². The number of methoxy groups -OCH3 is 1. The monoisotopic (exact) mass is 380 g/mol. The number of para-hydroxylation sites is 1. The van der Waals surface area contributed by atoms with Crippen molar-refractivity contribution in [1.29, 1.82) is 0 Å². The average molecular weight is 380 g/mol. The predicted octanol–water partition coefficient (Wildman–Crippen LogP) is 2.14. The molecule has 1 aliphatic rings. The SMILES string of the molecule is COc1ccc(OC2CCN(C(=O)C(=O)c3c(C)[nH]c4ccccc34)C2)nn1. The Bertz CT molecular complexity index is 1030. The molecule has 1 aliphatic heterocycles. The van der Waals surface area contributed by atoms with Crippen LogP contribution in [0.4, 0.5) is 0 Å². The number of rotatable bonds is 5. The predicted molar refractivity (Wildman–Crippen MR) is 102 cm³/mol. The molecule has 1 saturated heterocycles. The highest BCUT2D eigenvalue weighted by Gasteiger charge is 2.33. The first-order valence-electron chi connectivity index (χ1n) is 9.02. The number of Topliss-reactive ketones (excluding diaryl/α,β-unsaturated/α-hetero) is 1. The highest BCUT2D eigenvalue weighted by atomic mass is 16.5. The van der Waals surface area contributed by atoms with Crippen LogP contribution < -0.4 is 9.47 Å². The zero-order valence-electron chi connectivity index (χ0n) is 15.6. The number of amides is 1. The maximum absolute atomic E-state index is 12.9. The van der Waals surface area contributed by atoms with Gasteiger partial charge in [0.2, 0.25) is 11.8 Å². The van der Waals surface area contributed by atoms with E-state index in [-0.39, 0.29) is 6.10 Å². The smallest absolute Gasteiger partial charge is 0.295 e. The molecule has 0 saturated carbocycles. The molecule has 1 aromatic carbocycles. The Morgan fingerprint density at radius 3 is 2.64 bits per heavy atom. The number of fused-ring (bicyclic) bond motifs is 1. The van der Waals surface area contributed by atoms with Crippen molar-refractivity contribution in [2.24, 2.45) is 0 Å². The number of hydrogen-bond donors (Lipinski definition) is 1. The lowest BCUT2D eigenvalue weighted by atomic mass is 10.1. The van der Waals surface area contributed by atoms with Gasteiger partial charge in [-0.05, 0) is 13.0 Å². The van der Waals surface area contributed by atoms with Crippen molar-refractivity contribution >= 4 is 22.6 Å². The first-order valence-corrected chi connectivity index (χ1v) is 9.02. The van der Waals surface area contributed by atoms with Gasteiger partial charge < -0.3 is 19.4 Å². The van der Waals surface area contributed by atoms with E-state index in [0.717, 1.165) is 10.9 Å². The lowest BCUT2D eigenvalue weighted by Crippen LogP contribution is -2.36. The van der Waals surface area contributed by atoms with E-state index in [4.69, 9.17) is 9.47 Å². The van der Waals surface area contributed by atoms with Gasteiger partial charge in [0, 0.05) is 41.7 Å². The third-order valence-electron chi connectivity index (χ3n) is 4.86. The largest absolute Gasteiger partial charge is 0.480 e. The summed E-state index contributed by atoms with van der Waals surface area (Å²) in [6.07, 6.45) is 0.392. The van der Waals surface area contributed by atoms with Crippen molar-refractivity contribution in [2.75, 3.05) is 20.2 Å². The van der Waals surface area contributed by atoms with Crippen molar-refractivity contribution in [3.63, 3.8) is 0 Å². The third-order valence-corrected chi connectivity index (χ3v) is 4.86. The van der Waals surface area contributed by atoms with Crippen molar-refractivity contribution in [3.05, 3.63) is 47.7 Å². The Kier molecular flexibility index (Phi) is 4.68. The van der Waals surface area contributed by atoms with E-state index in [1.54, 1.807) is 19.1 Å². The molecule has 0 spiro atoms. The van der Waals surface area contributed by atoms with E-state index in [0.29, 0.717) is 42.5 Å². The first kappa shape index (κ1) is 18.0. The average Bonchev–Trinajstić information content (AvgIpc) is 3.31. The van der Waals surface area contributed by atoms with Crippen LogP contribution in [0.3, 0.4) is 0 Å². The van der Waals surface area contributed by atoms with Gasteiger partial charge in [-0.15, -0.1) is 10.2 Å². The van der Waals surface area contributed by atoms with Crippen LogP contribution in [0.25, 0.3) is 10.9 Å². The first-order chi connectivity index (χ1) is 13.6. The molecule has 0 bridgehead atoms. The van der Waals surface area contributed by atoms with Crippen molar-refractivity contribution < 1.29 is 19.1 Å². The number of aromatic nitrogens is 3. The van der Waals surface area contributed by atoms with Gasteiger partial charge >= 0.3 is 0 Å². The molecule has 0 radical (unpaired) electrons. The highest BCUT2D eigenvalue weighted by molar-refractivity contribution is 6.45. The minimum atomic E-state index is -0.514. The number of H-pyrrole nitrogens is 1. The van der Waals surface area contributed by atoms with E-state index in [1.165, 1.54) is 12.0 Å². The topological polar surface area (TPSA) is 97.4 Å². The van der Waals surface area contributed by atoms with Gasteiger partial charge in [-0.25, -0.2) is 0 Å². The van der Waals surface area contributed by atoms with Crippen molar-refractivity contribution in [1.82, 2.24) is 20.1 Å². The zero-order chi connectivity index (χ0) is 19.7. The summed E-state index contributed by atoms with van der Waals surface area (Å²) in [5, 5.41) is 8.55. The second kappa shape index (κ2) is 7.30. The number of benzene rings is 1. The van der Waals surface area contributed by atoms with Crippen LogP contribution >= 0.6 is 0 Å². The van der Waals surface area contributed by atoms with Gasteiger partial charge in [-0.2, -0.15) is 0 Å². The van der Waals surface area contributed by atoms with Crippen molar-refractivity contribution in [3.8, 4) is 11.8 Å². The Morgan fingerprint density at radius 1 is 1.14 bits per heavy atom. The molecule has 0 aliphatic carbocycles. The van der Waals surface area contributed by atoms with Crippen LogP contribution in [-0.4, -0.2) is 58.1 Å². The van der Waals surface area contributed by atoms with Crippen LogP contribution in [0.15, 0.2) is 36.4 Å². The number of carbonyl (C=O) groups excluding carboxylic acids is 2. The molecule has 28 heavy (non-hydrogen) atoms. The van der Waals surface area contributed by atoms with Crippen LogP contribution in [-0.2, 0) is 4.79 Å². The molecule has 1 atom stereocenters. The summed E-state index contributed by atoms with van der Waals surface area (Å²) in [6.45, 7) is 2.60. The van der Waals surface area contributed by atoms with Crippen LogP contribution in [0.2, 0.25) is 0 Å². The maximum Gasteiger partial charge on any atom is 0.295 e. The molecule has 8 nitrogen and oxygen atoms in total. The molecule has 1 N–H and O–H groups in total. The molecule has 8 heteroatoms. The third kappa shape index (κ3) is 3.28. The molecule has 4 rings (SSSR count). The summed E-state index contributed by atoms with van der Waals surface area (Å²) < 4.78 is 10.7. The summed E-state index contributed by atoms with van der Waals surface area (Å²) >= 11 is 0. The summed E-state index contributed by atoms with van der Waals surface area (Å²) in [5.74, 6) is -0.256. The molecule has 1 unspecified atom stereocenters. The van der Waals surface area contributed by atoms with E-state index in [2.05, 4.69) is 15.2 Å². The molecule has 2 aromatic heterocycles.